The molecule has 0 bridgehead atoms. The minimum Gasteiger partial charge on any atom is -0.338 e. The van der Waals surface area contributed by atoms with Crippen LogP contribution in [-0.2, 0) is 4.79 Å². The van der Waals surface area contributed by atoms with Gasteiger partial charge in [0, 0.05) is 12.6 Å². The van der Waals surface area contributed by atoms with Gasteiger partial charge in [0.2, 0.25) is 5.91 Å². The van der Waals surface area contributed by atoms with Crippen molar-refractivity contribution >= 4 is 5.91 Å². The van der Waals surface area contributed by atoms with Crippen LogP contribution >= 0.6 is 0 Å². The van der Waals surface area contributed by atoms with Gasteiger partial charge in [0.15, 0.2) is 0 Å². The van der Waals surface area contributed by atoms with Crippen LogP contribution in [0.5, 0.6) is 0 Å². The normalized spacial score (nSPS) is 22.3. The molecule has 3 heteroatoms. The summed E-state index contributed by atoms with van der Waals surface area (Å²) < 4.78 is 0. The van der Waals surface area contributed by atoms with Crippen LogP contribution < -0.4 is 5.32 Å². The van der Waals surface area contributed by atoms with Crippen LogP contribution in [0.15, 0.2) is 0 Å². The zero-order valence-electron chi connectivity index (χ0n) is 14.3. The molecule has 1 unspecified atom stereocenters. The third-order valence-electron chi connectivity index (χ3n) is 4.60. The first-order valence-corrected chi connectivity index (χ1v) is 8.37. The molecule has 3 nitrogen and oxygen atoms in total. The Morgan fingerprint density at radius 1 is 1.30 bits per heavy atom. The van der Waals surface area contributed by atoms with E-state index in [0.717, 1.165) is 32.4 Å². The molecule has 1 rings (SSSR count). The number of rotatable bonds is 6. The summed E-state index contributed by atoms with van der Waals surface area (Å²) >= 11 is 0. The van der Waals surface area contributed by atoms with Gasteiger partial charge in [-0.2, -0.15) is 0 Å². The van der Waals surface area contributed by atoms with Crippen molar-refractivity contribution in [1.82, 2.24) is 10.2 Å². The summed E-state index contributed by atoms with van der Waals surface area (Å²) in [5, 5.41) is 3.47. The maximum Gasteiger partial charge on any atom is 0.240 e. The molecule has 0 aromatic carbocycles. The topological polar surface area (TPSA) is 32.3 Å². The number of amides is 1. The largest absolute Gasteiger partial charge is 0.338 e. The molecule has 0 saturated carbocycles. The van der Waals surface area contributed by atoms with Crippen molar-refractivity contribution < 1.29 is 4.79 Å². The Balaban J connectivity index is 2.91. The quantitative estimate of drug-likeness (QED) is 0.809. The predicted octanol–water partition coefficient (Wildman–Crippen LogP) is 3.44. The fraction of sp³-hybridized carbons (Fsp3) is 0.941. The first-order valence-electron chi connectivity index (χ1n) is 8.37. The second-order valence-corrected chi connectivity index (χ2v) is 7.33. The standard InChI is InChI=1S/C17H34N2O/c1-7-14(8-2)19(12-13(3)4)16(20)15-17(5,6)10-9-11-18-15/h13-15,18H,7-12H2,1-6H3. The molecule has 1 atom stereocenters. The molecule has 1 heterocycles. The van der Waals surface area contributed by atoms with Gasteiger partial charge in [-0.05, 0) is 43.6 Å². The number of hydrogen-bond acceptors (Lipinski definition) is 2. The first kappa shape index (κ1) is 17.5. The van der Waals surface area contributed by atoms with Gasteiger partial charge in [0.05, 0.1) is 6.04 Å². The molecule has 1 amide bonds. The van der Waals surface area contributed by atoms with Gasteiger partial charge < -0.3 is 10.2 Å². The summed E-state index contributed by atoms with van der Waals surface area (Å²) in [7, 11) is 0. The molecule has 1 aliphatic heterocycles. The van der Waals surface area contributed by atoms with Crippen LogP contribution in [0.3, 0.4) is 0 Å². The average molecular weight is 282 g/mol. The predicted molar refractivity (Wildman–Crippen MR) is 85.7 cm³/mol. The van der Waals surface area contributed by atoms with Crippen molar-refractivity contribution in [3.8, 4) is 0 Å². The molecule has 0 aromatic heterocycles. The summed E-state index contributed by atoms with van der Waals surface area (Å²) in [4.78, 5) is 15.2. The molecule has 1 fully saturated rings. The number of carbonyl (C=O) groups excluding carboxylic acids is 1. The van der Waals surface area contributed by atoms with E-state index in [9.17, 15) is 4.79 Å². The zero-order chi connectivity index (χ0) is 15.3. The molecule has 0 aliphatic carbocycles. The van der Waals surface area contributed by atoms with Crippen molar-refractivity contribution in [2.75, 3.05) is 13.1 Å². The van der Waals surface area contributed by atoms with Crippen molar-refractivity contribution in [2.45, 2.75) is 79.3 Å². The smallest absolute Gasteiger partial charge is 0.240 e. The Labute approximate surface area is 125 Å². The molecule has 0 aromatic rings. The summed E-state index contributed by atoms with van der Waals surface area (Å²) in [5.74, 6) is 0.836. The molecule has 1 saturated heterocycles. The van der Waals surface area contributed by atoms with E-state index in [4.69, 9.17) is 0 Å². The fourth-order valence-corrected chi connectivity index (χ4v) is 3.34. The van der Waals surface area contributed by atoms with Gasteiger partial charge >= 0.3 is 0 Å². The number of nitrogens with one attached hydrogen (secondary N) is 1. The molecule has 1 N–H and O–H groups in total. The number of hydrogen-bond donors (Lipinski definition) is 1. The van der Waals surface area contributed by atoms with Gasteiger partial charge in [-0.15, -0.1) is 0 Å². The fourth-order valence-electron chi connectivity index (χ4n) is 3.34. The SMILES string of the molecule is CCC(CC)N(CC(C)C)C(=O)C1NCCCC1(C)C. The first-order chi connectivity index (χ1) is 9.33. The Morgan fingerprint density at radius 2 is 1.90 bits per heavy atom. The Hall–Kier alpha value is -0.570. The Kier molecular flexibility index (Phi) is 6.50. The second-order valence-electron chi connectivity index (χ2n) is 7.33. The van der Waals surface area contributed by atoms with E-state index in [1.807, 2.05) is 0 Å². The molecular weight excluding hydrogens is 248 g/mol. The average Bonchev–Trinajstić information content (AvgIpc) is 2.37. The highest BCUT2D eigenvalue weighted by atomic mass is 16.2. The highest BCUT2D eigenvalue weighted by Gasteiger charge is 2.40. The van der Waals surface area contributed by atoms with Crippen molar-refractivity contribution in [1.29, 1.82) is 0 Å². The molecular formula is C17H34N2O. The lowest BCUT2D eigenvalue weighted by atomic mass is 9.76. The lowest BCUT2D eigenvalue weighted by molar-refractivity contribution is -0.140. The Morgan fingerprint density at radius 3 is 2.35 bits per heavy atom. The molecule has 118 valence electrons. The van der Waals surface area contributed by atoms with Crippen molar-refractivity contribution in [2.24, 2.45) is 11.3 Å². The monoisotopic (exact) mass is 282 g/mol. The van der Waals surface area contributed by atoms with Gasteiger partial charge in [0.25, 0.3) is 0 Å². The van der Waals surface area contributed by atoms with Gasteiger partial charge in [-0.3, -0.25) is 4.79 Å². The Bertz CT molecular complexity index is 308. The van der Waals surface area contributed by atoms with Crippen LogP contribution in [0.1, 0.15) is 67.2 Å². The van der Waals surface area contributed by atoms with E-state index in [1.165, 1.54) is 6.42 Å². The highest BCUT2D eigenvalue weighted by Crippen LogP contribution is 2.32. The van der Waals surface area contributed by atoms with Crippen LogP contribution in [0, 0.1) is 11.3 Å². The highest BCUT2D eigenvalue weighted by molar-refractivity contribution is 5.83. The third-order valence-corrected chi connectivity index (χ3v) is 4.60. The van der Waals surface area contributed by atoms with Crippen LogP contribution in [-0.4, -0.2) is 36.0 Å². The van der Waals surface area contributed by atoms with E-state index >= 15 is 0 Å². The lowest BCUT2D eigenvalue weighted by Crippen LogP contribution is -2.58. The summed E-state index contributed by atoms with van der Waals surface area (Å²) in [6.45, 7) is 15.1. The number of piperidine rings is 1. The summed E-state index contributed by atoms with van der Waals surface area (Å²) in [6.07, 6.45) is 4.39. The van der Waals surface area contributed by atoms with Crippen LogP contribution in [0.2, 0.25) is 0 Å². The van der Waals surface area contributed by atoms with E-state index in [2.05, 4.69) is 51.8 Å². The van der Waals surface area contributed by atoms with Crippen molar-refractivity contribution in [3.05, 3.63) is 0 Å². The zero-order valence-corrected chi connectivity index (χ0v) is 14.3. The maximum atomic E-state index is 13.1. The minimum atomic E-state index is -0.0180. The van der Waals surface area contributed by atoms with E-state index in [0.29, 0.717) is 17.9 Å². The number of carbonyl (C=O) groups is 1. The maximum absolute atomic E-state index is 13.1. The van der Waals surface area contributed by atoms with Gasteiger partial charge in [0.1, 0.15) is 0 Å². The van der Waals surface area contributed by atoms with Crippen LogP contribution in [0.4, 0.5) is 0 Å². The lowest BCUT2D eigenvalue weighted by Gasteiger charge is -2.43. The molecule has 20 heavy (non-hydrogen) atoms. The summed E-state index contributed by atoms with van der Waals surface area (Å²) in [6, 6.07) is 0.361. The van der Waals surface area contributed by atoms with Crippen molar-refractivity contribution in [3.63, 3.8) is 0 Å². The molecule has 0 spiro atoms. The third kappa shape index (κ3) is 4.21. The van der Waals surface area contributed by atoms with Gasteiger partial charge in [-0.25, -0.2) is 0 Å². The van der Waals surface area contributed by atoms with E-state index in [-0.39, 0.29) is 11.5 Å². The minimum absolute atomic E-state index is 0.0180. The van der Waals surface area contributed by atoms with Gasteiger partial charge in [-0.1, -0.05) is 41.5 Å². The molecule has 1 aliphatic rings. The number of nitrogens with zero attached hydrogens (tertiary/aromatic N) is 1. The molecule has 0 radical (unpaired) electrons. The van der Waals surface area contributed by atoms with Crippen LogP contribution in [0.25, 0.3) is 0 Å². The van der Waals surface area contributed by atoms with E-state index in [1.54, 1.807) is 0 Å². The summed E-state index contributed by atoms with van der Waals surface area (Å²) in [5.41, 5.74) is 0.0661. The second kappa shape index (κ2) is 7.44. The van der Waals surface area contributed by atoms with E-state index < -0.39 is 0 Å².